The van der Waals surface area contributed by atoms with E-state index in [9.17, 15) is 9.59 Å². The summed E-state index contributed by atoms with van der Waals surface area (Å²) in [4.78, 5) is 25.1. The molecule has 8 heteroatoms. The van der Waals surface area contributed by atoms with Crippen molar-refractivity contribution >= 4 is 23.6 Å². The molecular formula is C27H27NO6S. The maximum Gasteiger partial charge on any atom is 0.337 e. The largest absolute Gasteiger partial charge is 0.496 e. The van der Waals surface area contributed by atoms with Gasteiger partial charge in [0.1, 0.15) is 29.4 Å². The monoisotopic (exact) mass is 493 g/mol. The highest BCUT2D eigenvalue weighted by molar-refractivity contribution is 7.99. The fourth-order valence-corrected chi connectivity index (χ4v) is 5.29. The van der Waals surface area contributed by atoms with Crippen molar-refractivity contribution in [1.82, 2.24) is 5.32 Å². The molecule has 3 aromatic rings. The number of methoxy groups -OCH3 is 3. The van der Waals surface area contributed by atoms with Gasteiger partial charge < -0.3 is 24.3 Å². The predicted molar refractivity (Wildman–Crippen MR) is 135 cm³/mol. The molecule has 0 saturated carbocycles. The summed E-state index contributed by atoms with van der Waals surface area (Å²) in [7, 11) is 4.41. The van der Waals surface area contributed by atoms with Crippen LogP contribution in [0.2, 0.25) is 0 Å². The van der Waals surface area contributed by atoms with Crippen molar-refractivity contribution in [3.63, 3.8) is 0 Å². The summed E-state index contributed by atoms with van der Waals surface area (Å²) in [6, 6.07) is 18.7. The molecule has 0 spiro atoms. The number of ether oxygens (including phenoxy) is 4. The number of carbonyl (C=O) groups excluding carboxylic acids is 2. The average molecular weight is 494 g/mol. The number of benzene rings is 3. The van der Waals surface area contributed by atoms with Crippen LogP contribution in [0, 0.1) is 0 Å². The topological polar surface area (TPSA) is 83.1 Å². The fraction of sp³-hybridized carbons (Fsp3) is 0.259. The Morgan fingerprint density at radius 3 is 2.43 bits per heavy atom. The molecule has 1 aliphatic rings. The Bertz CT molecular complexity index is 1210. The fourth-order valence-electron chi connectivity index (χ4n) is 4.06. The van der Waals surface area contributed by atoms with Crippen molar-refractivity contribution in [2.45, 2.75) is 11.9 Å². The molecule has 0 saturated heterocycles. The molecule has 0 aromatic heterocycles. The minimum Gasteiger partial charge on any atom is -0.496 e. The Hall–Kier alpha value is -3.65. The second-order valence-electron chi connectivity index (χ2n) is 7.78. The molecule has 1 amide bonds. The van der Waals surface area contributed by atoms with Crippen molar-refractivity contribution in [3.8, 4) is 17.2 Å². The second kappa shape index (κ2) is 11.2. The van der Waals surface area contributed by atoms with E-state index in [-0.39, 0.29) is 11.2 Å². The van der Waals surface area contributed by atoms with Crippen LogP contribution in [0.3, 0.4) is 0 Å². The van der Waals surface area contributed by atoms with Gasteiger partial charge in [-0.05, 0) is 41.5 Å². The predicted octanol–water partition coefficient (Wildman–Crippen LogP) is 4.64. The number of carbonyl (C=O) groups is 2. The number of hydrogen-bond acceptors (Lipinski definition) is 7. The van der Waals surface area contributed by atoms with E-state index in [0.29, 0.717) is 41.5 Å². The summed E-state index contributed by atoms with van der Waals surface area (Å²) in [5.41, 5.74) is 3.94. The van der Waals surface area contributed by atoms with E-state index in [1.807, 2.05) is 30.3 Å². The van der Waals surface area contributed by atoms with Crippen molar-refractivity contribution in [1.29, 1.82) is 0 Å². The molecule has 7 nitrogen and oxygen atoms in total. The van der Waals surface area contributed by atoms with Crippen LogP contribution in [0.5, 0.6) is 17.2 Å². The first-order valence-corrected chi connectivity index (χ1v) is 12.2. The first-order chi connectivity index (χ1) is 17.1. The van der Waals surface area contributed by atoms with E-state index in [0.717, 1.165) is 22.4 Å². The Kier molecular flexibility index (Phi) is 7.82. The quantitative estimate of drug-likeness (QED) is 0.362. The minimum atomic E-state index is -0.396. The van der Waals surface area contributed by atoms with Crippen molar-refractivity contribution in [3.05, 3.63) is 88.5 Å². The molecule has 4 rings (SSSR count). The van der Waals surface area contributed by atoms with Crippen LogP contribution in [0.15, 0.2) is 60.7 Å². The van der Waals surface area contributed by atoms with E-state index in [1.54, 1.807) is 36.0 Å². The molecule has 1 atom stereocenters. The SMILES string of the molecule is COC(=O)c1ccc2c(c1)C(SCCNC(=O)c1c(OC)cccc1OC)c1ccccc1CO2. The molecule has 182 valence electrons. The molecule has 1 heterocycles. The molecule has 0 bridgehead atoms. The number of hydrogen-bond donors (Lipinski definition) is 1. The average Bonchev–Trinajstić information content (AvgIpc) is 3.06. The molecule has 0 fully saturated rings. The van der Waals surface area contributed by atoms with Crippen LogP contribution < -0.4 is 19.5 Å². The van der Waals surface area contributed by atoms with Crippen LogP contribution in [0.1, 0.15) is 42.7 Å². The summed E-state index contributed by atoms with van der Waals surface area (Å²) in [5, 5.41) is 2.89. The zero-order valence-corrected chi connectivity index (χ0v) is 20.6. The lowest BCUT2D eigenvalue weighted by Crippen LogP contribution is -2.27. The number of thioether (sulfide) groups is 1. The molecule has 0 aliphatic carbocycles. The third kappa shape index (κ3) is 5.22. The van der Waals surface area contributed by atoms with Crippen LogP contribution in [-0.2, 0) is 11.3 Å². The van der Waals surface area contributed by atoms with Gasteiger partial charge in [0.05, 0.1) is 32.1 Å². The van der Waals surface area contributed by atoms with Gasteiger partial charge in [-0.3, -0.25) is 4.79 Å². The van der Waals surface area contributed by atoms with Crippen molar-refractivity contribution in [2.75, 3.05) is 33.6 Å². The van der Waals surface area contributed by atoms with Gasteiger partial charge in [-0.15, -0.1) is 11.8 Å². The molecule has 0 radical (unpaired) electrons. The van der Waals surface area contributed by atoms with Crippen LogP contribution in [0.25, 0.3) is 0 Å². The van der Waals surface area contributed by atoms with Gasteiger partial charge in [0.2, 0.25) is 0 Å². The summed E-state index contributed by atoms with van der Waals surface area (Å²) in [5.74, 6) is 1.60. The van der Waals surface area contributed by atoms with Gasteiger partial charge in [0, 0.05) is 17.9 Å². The van der Waals surface area contributed by atoms with Gasteiger partial charge in [-0.25, -0.2) is 4.79 Å². The molecular weight excluding hydrogens is 466 g/mol. The highest BCUT2D eigenvalue weighted by Crippen LogP contribution is 2.44. The Balaban J connectivity index is 1.54. The number of rotatable bonds is 8. The second-order valence-corrected chi connectivity index (χ2v) is 8.99. The van der Waals surface area contributed by atoms with E-state index in [2.05, 4.69) is 11.4 Å². The summed E-state index contributed by atoms with van der Waals surface area (Å²) in [6.07, 6.45) is 0. The molecule has 3 aromatic carbocycles. The van der Waals surface area contributed by atoms with Crippen LogP contribution in [-0.4, -0.2) is 45.5 Å². The third-order valence-corrected chi connectivity index (χ3v) is 7.04. The lowest BCUT2D eigenvalue weighted by atomic mass is 9.98. The Morgan fingerprint density at radius 2 is 1.71 bits per heavy atom. The standard InChI is InChI=1S/C27H27NO6S/c1-31-22-9-6-10-23(32-2)24(22)26(29)28-13-14-35-25-19-8-5-4-7-18(19)16-34-21-12-11-17(15-20(21)25)27(30)33-3/h4-12,15,25H,13-14,16H2,1-3H3,(H,28,29). The van der Waals surface area contributed by atoms with Crippen molar-refractivity contribution in [2.24, 2.45) is 0 Å². The molecule has 35 heavy (non-hydrogen) atoms. The normalized spacial score (nSPS) is 14.0. The highest BCUT2D eigenvalue weighted by Gasteiger charge is 2.26. The third-order valence-electron chi connectivity index (χ3n) is 5.76. The molecule has 1 aliphatic heterocycles. The maximum absolute atomic E-state index is 12.9. The van der Waals surface area contributed by atoms with Gasteiger partial charge >= 0.3 is 5.97 Å². The van der Waals surface area contributed by atoms with Gasteiger partial charge in [0.25, 0.3) is 5.91 Å². The van der Waals surface area contributed by atoms with Gasteiger partial charge in [-0.2, -0.15) is 0 Å². The van der Waals surface area contributed by atoms with Gasteiger partial charge in [0.15, 0.2) is 0 Å². The van der Waals surface area contributed by atoms with E-state index < -0.39 is 5.97 Å². The number of nitrogens with one attached hydrogen (secondary N) is 1. The molecule has 1 N–H and O–H groups in total. The minimum absolute atomic E-state index is 0.0778. The maximum atomic E-state index is 12.9. The zero-order chi connectivity index (χ0) is 24.8. The highest BCUT2D eigenvalue weighted by atomic mass is 32.2. The lowest BCUT2D eigenvalue weighted by molar-refractivity contribution is 0.0600. The Labute approximate surface area is 208 Å². The first kappa shape index (κ1) is 24.5. The van der Waals surface area contributed by atoms with E-state index in [1.165, 1.54) is 21.3 Å². The Morgan fingerprint density at radius 1 is 0.971 bits per heavy atom. The van der Waals surface area contributed by atoms with Crippen LogP contribution >= 0.6 is 11.8 Å². The number of fused-ring (bicyclic) bond motifs is 2. The number of esters is 1. The number of amides is 1. The lowest BCUT2D eigenvalue weighted by Gasteiger charge is -2.20. The summed E-state index contributed by atoms with van der Waals surface area (Å²) in [6.45, 7) is 0.873. The smallest absolute Gasteiger partial charge is 0.337 e. The van der Waals surface area contributed by atoms with Crippen molar-refractivity contribution < 1.29 is 28.5 Å². The van der Waals surface area contributed by atoms with Crippen LogP contribution in [0.4, 0.5) is 0 Å². The van der Waals surface area contributed by atoms with Gasteiger partial charge in [-0.1, -0.05) is 30.3 Å². The van der Waals surface area contributed by atoms with E-state index in [4.69, 9.17) is 18.9 Å². The summed E-state index contributed by atoms with van der Waals surface area (Å²) >= 11 is 1.67. The summed E-state index contributed by atoms with van der Waals surface area (Å²) < 4.78 is 21.7. The van der Waals surface area contributed by atoms with E-state index >= 15 is 0 Å². The zero-order valence-electron chi connectivity index (χ0n) is 19.8. The first-order valence-electron chi connectivity index (χ1n) is 11.1. The molecule has 1 unspecified atom stereocenters.